The molecular weight excluding hydrogens is 755 g/mol. The van der Waals surface area contributed by atoms with Crippen molar-refractivity contribution in [2.75, 3.05) is 13.2 Å². The Hall–Kier alpha value is -2.44. The third-order valence-electron chi connectivity index (χ3n) is 11.5. The topological polar surface area (TPSA) is 95.9 Å². The van der Waals surface area contributed by atoms with E-state index in [4.69, 9.17) is 4.74 Å². The van der Waals surface area contributed by atoms with Crippen molar-refractivity contribution < 1.29 is 24.5 Å². The third kappa shape index (κ3) is 46.9. The van der Waals surface area contributed by atoms with Crippen molar-refractivity contribution in [3.63, 3.8) is 0 Å². The number of hydrogen-bond donors (Lipinski definition) is 3. The maximum Gasteiger partial charge on any atom is 0.305 e. The third-order valence-corrected chi connectivity index (χ3v) is 11.5. The summed E-state index contributed by atoms with van der Waals surface area (Å²) < 4.78 is 5.44. The quantitative estimate of drug-likeness (QED) is 0.0245. The molecule has 0 aliphatic carbocycles. The Morgan fingerprint density at radius 2 is 0.869 bits per heavy atom. The molecule has 0 saturated heterocycles. The zero-order chi connectivity index (χ0) is 44.4. The molecule has 0 aliphatic heterocycles. The maximum atomic E-state index is 12.4. The van der Waals surface area contributed by atoms with Gasteiger partial charge in [0.1, 0.15) is 0 Å². The van der Waals surface area contributed by atoms with Crippen molar-refractivity contribution in [2.45, 2.75) is 264 Å². The number of esters is 1. The highest BCUT2D eigenvalue weighted by molar-refractivity contribution is 5.76. The van der Waals surface area contributed by atoms with Crippen LogP contribution in [0.2, 0.25) is 0 Å². The van der Waals surface area contributed by atoms with Gasteiger partial charge < -0.3 is 20.3 Å². The van der Waals surface area contributed by atoms with Crippen molar-refractivity contribution in [1.82, 2.24) is 5.32 Å². The molecule has 354 valence electrons. The van der Waals surface area contributed by atoms with E-state index in [9.17, 15) is 19.8 Å². The molecule has 0 fully saturated rings. The zero-order valence-corrected chi connectivity index (χ0v) is 40.1. The van der Waals surface area contributed by atoms with Crippen LogP contribution in [0.4, 0.5) is 0 Å². The summed E-state index contributed by atoms with van der Waals surface area (Å²) in [6, 6.07) is -0.645. The van der Waals surface area contributed by atoms with Crippen LogP contribution < -0.4 is 5.32 Å². The van der Waals surface area contributed by atoms with Gasteiger partial charge in [-0.05, 0) is 96.3 Å². The van der Waals surface area contributed by atoms with Crippen LogP contribution in [0, 0.1) is 0 Å². The molecule has 0 rings (SSSR count). The standard InChI is InChI=1S/C55H99NO5/c1-3-5-7-9-11-13-15-17-18-19-22-25-29-33-37-41-45-49-55(60)61-50-46-42-38-34-30-26-23-20-21-24-28-32-36-40-44-48-54(59)56-52(51-57)53(58)47-43-39-35-31-27-16-14-12-10-8-6-4-2/h11,13,17-18,20,23,26,30,43,47,52-53,57-58H,3-10,12,14-16,19,21-22,24-25,27-29,31-42,44-46,48-51H2,1-2H3,(H,56,59)/b13-11-,18-17-,23-20-,30-26-,47-43+. The molecule has 0 aromatic heterocycles. The molecule has 0 aromatic rings. The number of aliphatic hydroxyl groups is 2. The van der Waals surface area contributed by atoms with Crippen molar-refractivity contribution in [2.24, 2.45) is 0 Å². The Labute approximate surface area is 378 Å². The van der Waals surface area contributed by atoms with E-state index in [0.717, 1.165) is 83.5 Å². The smallest absolute Gasteiger partial charge is 0.305 e. The molecule has 0 aromatic carbocycles. The molecule has 2 unspecified atom stereocenters. The van der Waals surface area contributed by atoms with E-state index >= 15 is 0 Å². The van der Waals surface area contributed by atoms with Crippen LogP contribution >= 0.6 is 0 Å². The molecule has 6 nitrogen and oxygen atoms in total. The monoisotopic (exact) mass is 854 g/mol. The Morgan fingerprint density at radius 1 is 0.475 bits per heavy atom. The number of rotatable bonds is 47. The van der Waals surface area contributed by atoms with Gasteiger partial charge in [-0.25, -0.2) is 0 Å². The van der Waals surface area contributed by atoms with Crippen LogP contribution in [0.15, 0.2) is 60.8 Å². The van der Waals surface area contributed by atoms with E-state index in [1.807, 2.05) is 6.08 Å². The van der Waals surface area contributed by atoms with E-state index in [-0.39, 0.29) is 18.5 Å². The molecule has 6 heteroatoms. The van der Waals surface area contributed by atoms with Crippen LogP contribution in [-0.2, 0) is 14.3 Å². The second kappa shape index (κ2) is 50.2. The number of unbranched alkanes of at least 4 members (excludes halogenated alkanes) is 29. The zero-order valence-electron chi connectivity index (χ0n) is 40.1. The normalized spacial score (nSPS) is 13.2. The van der Waals surface area contributed by atoms with Gasteiger partial charge >= 0.3 is 5.97 Å². The molecule has 3 N–H and O–H groups in total. The summed E-state index contributed by atoms with van der Waals surface area (Å²) in [4.78, 5) is 24.4. The van der Waals surface area contributed by atoms with Crippen molar-refractivity contribution in [1.29, 1.82) is 0 Å². The minimum absolute atomic E-state index is 0.0319. The highest BCUT2D eigenvalue weighted by Crippen LogP contribution is 2.14. The lowest BCUT2D eigenvalue weighted by Crippen LogP contribution is -2.45. The minimum atomic E-state index is -0.859. The number of carbonyl (C=O) groups is 2. The summed E-state index contributed by atoms with van der Waals surface area (Å²) in [5.41, 5.74) is 0. The molecule has 0 heterocycles. The number of hydrogen-bond acceptors (Lipinski definition) is 5. The predicted octanol–water partition coefficient (Wildman–Crippen LogP) is 15.6. The molecule has 0 saturated carbocycles. The Balaban J connectivity index is 3.56. The number of allylic oxidation sites excluding steroid dienone is 9. The number of ether oxygens (including phenoxy) is 1. The van der Waals surface area contributed by atoms with Gasteiger partial charge in [0.05, 0.1) is 25.4 Å². The first-order chi connectivity index (χ1) is 30.0. The highest BCUT2D eigenvalue weighted by atomic mass is 16.5. The van der Waals surface area contributed by atoms with Gasteiger partial charge in [-0.1, -0.05) is 203 Å². The van der Waals surface area contributed by atoms with Gasteiger partial charge in [0.25, 0.3) is 0 Å². The van der Waals surface area contributed by atoms with Crippen LogP contribution in [0.5, 0.6) is 0 Å². The number of nitrogens with one attached hydrogen (secondary N) is 1. The molecule has 2 atom stereocenters. The van der Waals surface area contributed by atoms with E-state index in [2.05, 4.69) is 67.8 Å². The molecule has 61 heavy (non-hydrogen) atoms. The van der Waals surface area contributed by atoms with Crippen LogP contribution in [0.1, 0.15) is 251 Å². The average molecular weight is 854 g/mol. The molecule has 1 amide bonds. The fourth-order valence-corrected chi connectivity index (χ4v) is 7.48. The molecule has 0 aliphatic rings. The molecular formula is C55H99NO5. The molecule has 0 bridgehead atoms. The summed E-state index contributed by atoms with van der Waals surface area (Å²) in [6.45, 7) is 4.79. The van der Waals surface area contributed by atoms with Gasteiger partial charge in [0.15, 0.2) is 0 Å². The largest absolute Gasteiger partial charge is 0.466 e. The van der Waals surface area contributed by atoms with Crippen LogP contribution in [0.3, 0.4) is 0 Å². The molecule has 0 radical (unpaired) electrons. The average Bonchev–Trinajstić information content (AvgIpc) is 3.26. The summed E-state index contributed by atoms with van der Waals surface area (Å²) in [6.07, 6.45) is 63.6. The fraction of sp³-hybridized carbons (Fsp3) is 0.782. The van der Waals surface area contributed by atoms with Crippen LogP contribution in [0.25, 0.3) is 0 Å². The Bertz CT molecular complexity index is 1080. The number of amides is 1. The van der Waals surface area contributed by atoms with E-state index < -0.39 is 12.1 Å². The lowest BCUT2D eigenvalue weighted by atomic mass is 10.1. The summed E-state index contributed by atoms with van der Waals surface area (Å²) in [7, 11) is 0. The Kier molecular flexibility index (Phi) is 48.2. The minimum Gasteiger partial charge on any atom is -0.466 e. The summed E-state index contributed by atoms with van der Waals surface area (Å²) in [5.74, 6) is -0.125. The first-order valence-electron chi connectivity index (χ1n) is 26.1. The van der Waals surface area contributed by atoms with E-state index in [1.165, 1.54) is 141 Å². The first-order valence-corrected chi connectivity index (χ1v) is 26.1. The van der Waals surface area contributed by atoms with Crippen molar-refractivity contribution >= 4 is 11.9 Å². The predicted molar refractivity (Wildman–Crippen MR) is 264 cm³/mol. The van der Waals surface area contributed by atoms with E-state index in [1.54, 1.807) is 6.08 Å². The SMILES string of the molecule is CCCCC/C=C\C/C=C\CCCCCCCCCC(=O)OCCCCC/C=C\C=C/CCCCCCCCC(=O)NC(CO)C(O)/C=C/CCCCCCCCCCCC. The number of aliphatic hydroxyl groups excluding tert-OH is 2. The molecule has 0 spiro atoms. The maximum absolute atomic E-state index is 12.4. The highest BCUT2D eigenvalue weighted by Gasteiger charge is 2.18. The first kappa shape index (κ1) is 58.6. The lowest BCUT2D eigenvalue weighted by molar-refractivity contribution is -0.143. The summed E-state index contributed by atoms with van der Waals surface area (Å²) in [5, 5.41) is 23.0. The van der Waals surface area contributed by atoms with Crippen LogP contribution in [-0.4, -0.2) is 47.4 Å². The van der Waals surface area contributed by atoms with Crippen molar-refractivity contribution in [3.05, 3.63) is 60.8 Å². The van der Waals surface area contributed by atoms with Crippen molar-refractivity contribution in [3.8, 4) is 0 Å². The number of carbonyl (C=O) groups excluding carboxylic acids is 2. The lowest BCUT2D eigenvalue weighted by Gasteiger charge is -2.20. The fourth-order valence-electron chi connectivity index (χ4n) is 7.48. The Morgan fingerprint density at radius 3 is 1.38 bits per heavy atom. The van der Waals surface area contributed by atoms with Gasteiger partial charge in [0, 0.05) is 12.8 Å². The second-order valence-corrected chi connectivity index (χ2v) is 17.5. The second-order valence-electron chi connectivity index (χ2n) is 17.5. The van der Waals surface area contributed by atoms with Gasteiger partial charge in [-0.15, -0.1) is 0 Å². The van der Waals surface area contributed by atoms with E-state index in [0.29, 0.717) is 19.4 Å². The van der Waals surface area contributed by atoms with Gasteiger partial charge in [-0.3, -0.25) is 9.59 Å². The van der Waals surface area contributed by atoms with Gasteiger partial charge in [0.2, 0.25) is 5.91 Å². The van der Waals surface area contributed by atoms with Gasteiger partial charge in [-0.2, -0.15) is 0 Å². The summed E-state index contributed by atoms with van der Waals surface area (Å²) >= 11 is 0.